The number of rotatable bonds is 5. The van der Waals surface area contributed by atoms with E-state index in [1.54, 1.807) is 11.8 Å². The number of halogens is 3. The SMILES string of the molecule is CCSCC(N)Cc1ccc(F)cc1F.Cl. The molecule has 2 N–H and O–H groups in total. The van der Waals surface area contributed by atoms with Crippen molar-refractivity contribution in [1.82, 2.24) is 0 Å². The van der Waals surface area contributed by atoms with Crippen molar-refractivity contribution >= 4 is 24.2 Å². The fourth-order valence-corrected chi connectivity index (χ4v) is 1.95. The van der Waals surface area contributed by atoms with Crippen LogP contribution in [0.4, 0.5) is 8.78 Å². The zero-order valence-corrected chi connectivity index (χ0v) is 10.7. The molecule has 0 saturated heterocycles. The Hall–Kier alpha value is -0.320. The van der Waals surface area contributed by atoms with Crippen LogP contribution in [0.5, 0.6) is 0 Å². The third-order valence-electron chi connectivity index (χ3n) is 2.03. The highest BCUT2D eigenvalue weighted by atomic mass is 35.5. The van der Waals surface area contributed by atoms with E-state index in [2.05, 4.69) is 6.92 Å². The second kappa shape index (κ2) is 7.87. The molecule has 1 unspecified atom stereocenters. The van der Waals surface area contributed by atoms with Gasteiger partial charge in [-0.05, 0) is 23.8 Å². The molecular formula is C11H16ClF2NS. The molecule has 5 heteroatoms. The minimum absolute atomic E-state index is 0. The summed E-state index contributed by atoms with van der Waals surface area (Å²) in [6, 6.07) is 3.55. The van der Waals surface area contributed by atoms with E-state index < -0.39 is 11.6 Å². The summed E-state index contributed by atoms with van der Waals surface area (Å²) in [5.74, 6) is 0.743. The summed E-state index contributed by atoms with van der Waals surface area (Å²) >= 11 is 1.72. The van der Waals surface area contributed by atoms with Crippen LogP contribution in [0.2, 0.25) is 0 Å². The van der Waals surface area contributed by atoms with Crippen LogP contribution in [0.3, 0.4) is 0 Å². The molecule has 0 spiro atoms. The number of thioether (sulfide) groups is 1. The summed E-state index contributed by atoms with van der Waals surface area (Å²) in [4.78, 5) is 0. The Kier molecular flexibility index (Phi) is 7.72. The highest BCUT2D eigenvalue weighted by Gasteiger charge is 2.08. The Balaban J connectivity index is 0.00000225. The Labute approximate surface area is 105 Å². The van der Waals surface area contributed by atoms with E-state index >= 15 is 0 Å². The van der Waals surface area contributed by atoms with Crippen LogP contribution in [0.25, 0.3) is 0 Å². The molecule has 1 nitrogen and oxygen atoms in total. The zero-order valence-electron chi connectivity index (χ0n) is 9.08. The molecule has 0 amide bonds. The van der Waals surface area contributed by atoms with Crippen LogP contribution in [-0.2, 0) is 6.42 Å². The second-order valence-corrected chi connectivity index (χ2v) is 4.68. The van der Waals surface area contributed by atoms with E-state index in [4.69, 9.17) is 5.73 Å². The van der Waals surface area contributed by atoms with E-state index in [0.29, 0.717) is 12.0 Å². The molecule has 16 heavy (non-hydrogen) atoms. The summed E-state index contributed by atoms with van der Waals surface area (Å²) in [6.07, 6.45) is 0.457. The number of nitrogens with two attached hydrogens (primary N) is 1. The van der Waals surface area contributed by atoms with Gasteiger partial charge >= 0.3 is 0 Å². The zero-order chi connectivity index (χ0) is 11.3. The van der Waals surface area contributed by atoms with Gasteiger partial charge in [0.15, 0.2) is 0 Å². The first-order chi connectivity index (χ1) is 7.13. The summed E-state index contributed by atoms with van der Waals surface area (Å²) < 4.78 is 25.8. The highest BCUT2D eigenvalue weighted by Crippen LogP contribution is 2.12. The van der Waals surface area contributed by atoms with Crippen molar-refractivity contribution in [3.63, 3.8) is 0 Å². The predicted octanol–water partition coefficient (Wildman–Crippen LogP) is 3.01. The molecule has 0 heterocycles. The highest BCUT2D eigenvalue weighted by molar-refractivity contribution is 7.99. The van der Waals surface area contributed by atoms with Gasteiger partial charge < -0.3 is 5.73 Å². The maximum atomic E-state index is 13.2. The molecule has 1 aromatic rings. The molecule has 1 rings (SSSR count). The Morgan fingerprint density at radius 3 is 2.62 bits per heavy atom. The Bertz CT molecular complexity index is 323. The Morgan fingerprint density at radius 2 is 2.06 bits per heavy atom. The van der Waals surface area contributed by atoms with Gasteiger partial charge in [0.1, 0.15) is 11.6 Å². The normalized spacial score (nSPS) is 12.0. The van der Waals surface area contributed by atoms with Crippen molar-refractivity contribution in [2.24, 2.45) is 5.73 Å². The van der Waals surface area contributed by atoms with Crippen molar-refractivity contribution in [1.29, 1.82) is 0 Å². The minimum atomic E-state index is -0.548. The molecule has 1 aromatic carbocycles. The Morgan fingerprint density at radius 1 is 1.38 bits per heavy atom. The van der Waals surface area contributed by atoms with Gasteiger partial charge in [0, 0.05) is 17.9 Å². The predicted molar refractivity (Wildman–Crippen MR) is 68.3 cm³/mol. The lowest BCUT2D eigenvalue weighted by atomic mass is 10.1. The molecular weight excluding hydrogens is 252 g/mol. The van der Waals surface area contributed by atoms with E-state index in [-0.39, 0.29) is 18.4 Å². The van der Waals surface area contributed by atoms with Crippen LogP contribution in [0.1, 0.15) is 12.5 Å². The van der Waals surface area contributed by atoms with Crippen molar-refractivity contribution in [2.75, 3.05) is 11.5 Å². The van der Waals surface area contributed by atoms with Crippen molar-refractivity contribution in [3.8, 4) is 0 Å². The fourth-order valence-electron chi connectivity index (χ4n) is 1.30. The van der Waals surface area contributed by atoms with Gasteiger partial charge in [-0.25, -0.2) is 8.78 Å². The summed E-state index contributed by atoms with van der Waals surface area (Å²) in [6.45, 7) is 2.05. The third kappa shape index (κ3) is 5.14. The lowest BCUT2D eigenvalue weighted by Crippen LogP contribution is -2.26. The van der Waals surface area contributed by atoms with Gasteiger partial charge in [-0.3, -0.25) is 0 Å². The van der Waals surface area contributed by atoms with Crippen LogP contribution in [0.15, 0.2) is 18.2 Å². The number of hydrogen-bond acceptors (Lipinski definition) is 2. The second-order valence-electron chi connectivity index (χ2n) is 3.36. The molecule has 0 aliphatic heterocycles. The standard InChI is InChI=1S/C11H15F2NS.ClH/c1-2-15-7-10(14)5-8-3-4-9(12)6-11(8)13;/h3-4,6,10H,2,5,7,14H2,1H3;1H. The number of hydrogen-bond donors (Lipinski definition) is 1. The van der Waals surface area contributed by atoms with Gasteiger partial charge in [-0.15, -0.1) is 12.4 Å². The van der Waals surface area contributed by atoms with Crippen LogP contribution in [0, 0.1) is 11.6 Å². The third-order valence-corrected chi connectivity index (χ3v) is 3.11. The van der Waals surface area contributed by atoms with Gasteiger partial charge in [0.05, 0.1) is 0 Å². The average molecular weight is 268 g/mol. The van der Waals surface area contributed by atoms with E-state index in [9.17, 15) is 8.78 Å². The molecule has 0 fully saturated rings. The molecule has 0 aliphatic carbocycles. The largest absolute Gasteiger partial charge is 0.327 e. The van der Waals surface area contributed by atoms with Gasteiger partial charge in [0.25, 0.3) is 0 Å². The van der Waals surface area contributed by atoms with Crippen LogP contribution < -0.4 is 5.73 Å². The van der Waals surface area contributed by atoms with E-state index in [1.165, 1.54) is 12.1 Å². The average Bonchev–Trinajstić information content (AvgIpc) is 2.19. The molecule has 0 aromatic heterocycles. The summed E-state index contributed by atoms with van der Waals surface area (Å²) in [7, 11) is 0. The quantitative estimate of drug-likeness (QED) is 0.888. The maximum Gasteiger partial charge on any atom is 0.129 e. The smallest absolute Gasteiger partial charge is 0.129 e. The van der Waals surface area contributed by atoms with Crippen molar-refractivity contribution in [3.05, 3.63) is 35.4 Å². The van der Waals surface area contributed by atoms with E-state index in [1.807, 2.05) is 0 Å². The van der Waals surface area contributed by atoms with Crippen molar-refractivity contribution < 1.29 is 8.78 Å². The summed E-state index contributed by atoms with van der Waals surface area (Å²) in [5, 5.41) is 0. The van der Waals surface area contributed by atoms with Gasteiger partial charge in [0.2, 0.25) is 0 Å². The van der Waals surface area contributed by atoms with Gasteiger partial charge in [-0.2, -0.15) is 11.8 Å². The molecule has 1 atom stereocenters. The molecule has 92 valence electrons. The maximum absolute atomic E-state index is 13.2. The first-order valence-electron chi connectivity index (χ1n) is 4.90. The lowest BCUT2D eigenvalue weighted by Gasteiger charge is -2.11. The van der Waals surface area contributed by atoms with Crippen LogP contribution in [-0.4, -0.2) is 17.5 Å². The van der Waals surface area contributed by atoms with Crippen molar-refractivity contribution in [2.45, 2.75) is 19.4 Å². The lowest BCUT2D eigenvalue weighted by molar-refractivity contribution is 0.565. The monoisotopic (exact) mass is 267 g/mol. The minimum Gasteiger partial charge on any atom is -0.327 e. The van der Waals surface area contributed by atoms with Gasteiger partial charge in [-0.1, -0.05) is 13.0 Å². The fraction of sp³-hybridized carbons (Fsp3) is 0.455. The molecule has 0 radical (unpaired) electrons. The van der Waals surface area contributed by atoms with E-state index in [0.717, 1.165) is 17.6 Å². The van der Waals surface area contributed by atoms with Crippen LogP contribution >= 0.6 is 24.2 Å². The number of benzene rings is 1. The molecule has 0 aliphatic rings. The first-order valence-corrected chi connectivity index (χ1v) is 6.06. The molecule has 0 bridgehead atoms. The first kappa shape index (κ1) is 15.7. The molecule has 0 saturated carbocycles. The summed E-state index contributed by atoms with van der Waals surface area (Å²) in [5.41, 5.74) is 6.30. The topological polar surface area (TPSA) is 26.0 Å².